The zero-order chi connectivity index (χ0) is 18.0. The summed E-state index contributed by atoms with van der Waals surface area (Å²) in [4.78, 5) is 29.2. The Labute approximate surface area is 145 Å². The molecule has 3 aromatic rings. The van der Waals surface area contributed by atoms with Crippen molar-refractivity contribution in [2.24, 2.45) is 14.1 Å². The Bertz CT molecular complexity index is 1020. The van der Waals surface area contributed by atoms with Gasteiger partial charge in [0.25, 0.3) is 5.56 Å². The van der Waals surface area contributed by atoms with Gasteiger partial charge in [-0.2, -0.15) is 0 Å². The van der Waals surface area contributed by atoms with Gasteiger partial charge in [-0.05, 0) is 24.0 Å². The smallest absolute Gasteiger partial charge is 0.332 e. The van der Waals surface area contributed by atoms with Crippen LogP contribution >= 0.6 is 0 Å². The maximum Gasteiger partial charge on any atom is 0.332 e. The summed E-state index contributed by atoms with van der Waals surface area (Å²) in [5.41, 5.74) is 2.70. The molecule has 0 saturated carbocycles. The Morgan fingerprint density at radius 2 is 1.80 bits per heavy atom. The molecule has 25 heavy (non-hydrogen) atoms. The highest BCUT2D eigenvalue weighted by molar-refractivity contribution is 5.90. The quantitative estimate of drug-likeness (QED) is 0.771. The lowest BCUT2D eigenvalue weighted by molar-refractivity contribution is 0.707. The summed E-state index contributed by atoms with van der Waals surface area (Å²) in [6.07, 6.45) is 3.34. The van der Waals surface area contributed by atoms with Gasteiger partial charge in [0.1, 0.15) is 5.39 Å². The number of pyridine rings is 1. The molecule has 0 unspecified atom stereocenters. The zero-order valence-electron chi connectivity index (χ0n) is 14.7. The van der Waals surface area contributed by atoms with E-state index >= 15 is 0 Å². The van der Waals surface area contributed by atoms with E-state index in [2.05, 4.69) is 22.4 Å². The predicted molar refractivity (Wildman–Crippen MR) is 100 cm³/mol. The summed E-state index contributed by atoms with van der Waals surface area (Å²) >= 11 is 0. The fraction of sp³-hybridized carbons (Fsp3) is 0.316. The minimum absolute atomic E-state index is 0.317. The fourth-order valence-electron chi connectivity index (χ4n) is 3.01. The van der Waals surface area contributed by atoms with E-state index in [1.165, 1.54) is 17.2 Å². The van der Waals surface area contributed by atoms with Crippen LogP contribution in [0.15, 0.2) is 46.1 Å². The SMILES string of the molecule is CCc1cnc2c(c1NCCc1ccccc1)c(=O)n(C)c(=O)n2C. The molecule has 0 aliphatic heterocycles. The Balaban J connectivity index is 2.06. The molecule has 3 rings (SSSR count). The van der Waals surface area contributed by atoms with Crippen molar-refractivity contribution in [3.63, 3.8) is 0 Å². The largest absolute Gasteiger partial charge is 0.384 e. The average molecular weight is 338 g/mol. The molecule has 0 saturated heterocycles. The minimum atomic E-state index is -0.371. The molecule has 6 heteroatoms. The molecule has 0 aliphatic carbocycles. The number of fused-ring (bicyclic) bond motifs is 1. The lowest BCUT2D eigenvalue weighted by Gasteiger charge is -2.15. The van der Waals surface area contributed by atoms with Crippen LogP contribution in [0.25, 0.3) is 11.0 Å². The average Bonchev–Trinajstić information content (AvgIpc) is 2.65. The van der Waals surface area contributed by atoms with Gasteiger partial charge < -0.3 is 5.32 Å². The van der Waals surface area contributed by atoms with Crippen LogP contribution in [0.4, 0.5) is 5.69 Å². The summed E-state index contributed by atoms with van der Waals surface area (Å²) < 4.78 is 2.55. The van der Waals surface area contributed by atoms with Crippen LogP contribution in [0.3, 0.4) is 0 Å². The molecule has 0 aliphatic rings. The molecule has 0 radical (unpaired) electrons. The highest BCUT2D eigenvalue weighted by Crippen LogP contribution is 2.23. The van der Waals surface area contributed by atoms with Gasteiger partial charge in [0.15, 0.2) is 5.65 Å². The Kier molecular flexibility index (Phi) is 4.70. The number of aromatic nitrogens is 3. The second-order valence-electron chi connectivity index (χ2n) is 6.08. The Morgan fingerprint density at radius 3 is 2.48 bits per heavy atom. The summed E-state index contributed by atoms with van der Waals surface area (Å²) in [6.45, 7) is 2.72. The first-order valence-corrected chi connectivity index (χ1v) is 8.40. The van der Waals surface area contributed by atoms with E-state index in [0.717, 1.165) is 28.7 Å². The van der Waals surface area contributed by atoms with Crippen molar-refractivity contribution in [2.45, 2.75) is 19.8 Å². The van der Waals surface area contributed by atoms with Gasteiger partial charge in [0.05, 0.1) is 5.69 Å². The van der Waals surface area contributed by atoms with Crippen LogP contribution in [0.5, 0.6) is 0 Å². The summed E-state index contributed by atoms with van der Waals surface area (Å²) in [5, 5.41) is 3.87. The van der Waals surface area contributed by atoms with E-state index in [-0.39, 0.29) is 11.2 Å². The lowest BCUT2D eigenvalue weighted by Crippen LogP contribution is -2.37. The van der Waals surface area contributed by atoms with Crippen LogP contribution in [0.1, 0.15) is 18.1 Å². The second-order valence-corrected chi connectivity index (χ2v) is 6.08. The van der Waals surface area contributed by atoms with Gasteiger partial charge >= 0.3 is 5.69 Å². The molecule has 130 valence electrons. The first-order valence-electron chi connectivity index (χ1n) is 8.40. The minimum Gasteiger partial charge on any atom is -0.384 e. The van der Waals surface area contributed by atoms with Crippen LogP contribution in [0.2, 0.25) is 0 Å². The molecule has 2 aromatic heterocycles. The van der Waals surface area contributed by atoms with Crippen molar-refractivity contribution in [3.05, 3.63) is 68.5 Å². The van der Waals surface area contributed by atoms with Crippen molar-refractivity contribution in [2.75, 3.05) is 11.9 Å². The number of aryl methyl sites for hydroxylation is 2. The van der Waals surface area contributed by atoms with Crippen LogP contribution in [-0.2, 0) is 26.9 Å². The third kappa shape index (κ3) is 3.07. The Hall–Kier alpha value is -2.89. The summed E-state index contributed by atoms with van der Waals surface area (Å²) in [5.74, 6) is 0. The van der Waals surface area contributed by atoms with Gasteiger partial charge in [-0.3, -0.25) is 13.9 Å². The topological polar surface area (TPSA) is 68.9 Å². The van der Waals surface area contributed by atoms with Gasteiger partial charge in [-0.1, -0.05) is 37.3 Å². The molecule has 0 fully saturated rings. The standard InChI is InChI=1S/C19H22N4O2/c1-4-14-12-21-17-15(18(24)23(3)19(25)22(17)2)16(14)20-11-10-13-8-6-5-7-9-13/h5-9,12H,4,10-11H2,1-3H3,(H,20,21). The van der Waals surface area contributed by atoms with E-state index in [4.69, 9.17) is 0 Å². The van der Waals surface area contributed by atoms with E-state index in [1.54, 1.807) is 13.2 Å². The molecular formula is C19H22N4O2. The van der Waals surface area contributed by atoms with Gasteiger partial charge in [-0.25, -0.2) is 9.78 Å². The van der Waals surface area contributed by atoms with Crippen LogP contribution < -0.4 is 16.6 Å². The normalized spacial score (nSPS) is 11.0. The zero-order valence-corrected chi connectivity index (χ0v) is 14.7. The second kappa shape index (κ2) is 6.93. The van der Waals surface area contributed by atoms with Gasteiger partial charge in [0.2, 0.25) is 0 Å². The summed E-state index contributed by atoms with van der Waals surface area (Å²) in [6, 6.07) is 10.2. The highest BCUT2D eigenvalue weighted by atomic mass is 16.2. The molecule has 1 N–H and O–H groups in total. The number of hydrogen-bond acceptors (Lipinski definition) is 4. The molecule has 0 atom stereocenters. The van der Waals surface area contributed by atoms with E-state index in [1.807, 2.05) is 25.1 Å². The summed E-state index contributed by atoms with van der Waals surface area (Å²) in [7, 11) is 3.13. The van der Waals surface area contributed by atoms with Gasteiger partial charge in [0, 0.05) is 26.8 Å². The Morgan fingerprint density at radius 1 is 1.08 bits per heavy atom. The molecule has 2 heterocycles. The van der Waals surface area contributed by atoms with Crippen molar-refractivity contribution in [1.29, 1.82) is 0 Å². The van der Waals surface area contributed by atoms with E-state index < -0.39 is 0 Å². The predicted octanol–water partition coefficient (Wildman–Crippen LogP) is 1.85. The molecule has 1 aromatic carbocycles. The maximum atomic E-state index is 12.7. The number of rotatable bonds is 5. The molecule has 6 nitrogen and oxygen atoms in total. The first-order chi connectivity index (χ1) is 12.0. The molecular weight excluding hydrogens is 316 g/mol. The fourth-order valence-corrected chi connectivity index (χ4v) is 3.01. The van der Waals surface area contributed by atoms with Crippen molar-refractivity contribution < 1.29 is 0 Å². The number of benzene rings is 1. The monoisotopic (exact) mass is 338 g/mol. The number of nitrogens with one attached hydrogen (secondary N) is 1. The van der Waals surface area contributed by atoms with Crippen molar-refractivity contribution in [3.8, 4) is 0 Å². The lowest BCUT2D eigenvalue weighted by atomic mass is 10.1. The van der Waals surface area contributed by atoms with Crippen LogP contribution in [-0.4, -0.2) is 20.7 Å². The number of nitrogens with zero attached hydrogens (tertiary/aromatic N) is 3. The molecule has 0 bridgehead atoms. The van der Waals surface area contributed by atoms with E-state index in [0.29, 0.717) is 17.6 Å². The molecule has 0 spiro atoms. The third-order valence-electron chi connectivity index (χ3n) is 4.49. The van der Waals surface area contributed by atoms with Crippen molar-refractivity contribution >= 4 is 16.7 Å². The third-order valence-corrected chi connectivity index (χ3v) is 4.49. The highest BCUT2D eigenvalue weighted by Gasteiger charge is 2.16. The number of hydrogen-bond donors (Lipinski definition) is 1. The van der Waals surface area contributed by atoms with Crippen LogP contribution in [0, 0.1) is 0 Å². The first kappa shape index (κ1) is 17.0. The van der Waals surface area contributed by atoms with E-state index in [9.17, 15) is 9.59 Å². The maximum absolute atomic E-state index is 12.7. The molecule has 0 amide bonds. The number of anilines is 1. The van der Waals surface area contributed by atoms with Gasteiger partial charge in [-0.15, -0.1) is 0 Å². The van der Waals surface area contributed by atoms with Crippen molar-refractivity contribution in [1.82, 2.24) is 14.1 Å².